The van der Waals surface area contributed by atoms with E-state index >= 15 is 0 Å². The van der Waals surface area contributed by atoms with Crippen molar-refractivity contribution >= 4 is 11.6 Å². The first-order chi connectivity index (χ1) is 9.28. The van der Waals surface area contributed by atoms with Crippen LogP contribution in [0, 0.1) is 5.41 Å². The van der Waals surface area contributed by atoms with Crippen molar-refractivity contribution in [1.29, 1.82) is 0 Å². The zero-order valence-electron chi connectivity index (χ0n) is 12.7. The van der Waals surface area contributed by atoms with Crippen molar-refractivity contribution in [3.05, 3.63) is 29.8 Å². The van der Waals surface area contributed by atoms with Gasteiger partial charge in [-0.15, -0.1) is 0 Å². The first-order valence-electron chi connectivity index (χ1n) is 6.97. The number of anilines is 1. The normalized spacial score (nSPS) is 27.7. The maximum absolute atomic E-state index is 12.1. The fraction of sp³-hybridized carbons (Fsp3) is 0.562. The molecule has 1 aromatic rings. The lowest BCUT2D eigenvalue weighted by atomic mass is 9.56. The Bertz CT molecular complexity index is 496. The van der Waals surface area contributed by atoms with Gasteiger partial charge >= 0.3 is 0 Å². The molecule has 2 atom stereocenters. The zero-order valence-corrected chi connectivity index (χ0v) is 12.7. The maximum Gasteiger partial charge on any atom is 0.224 e. The molecule has 20 heavy (non-hydrogen) atoms. The summed E-state index contributed by atoms with van der Waals surface area (Å²) in [7, 11) is 1.73. The first kappa shape index (κ1) is 14.9. The number of rotatable bonds is 4. The third kappa shape index (κ3) is 2.52. The number of benzene rings is 1. The van der Waals surface area contributed by atoms with Crippen LogP contribution >= 0.6 is 0 Å². The molecule has 0 spiro atoms. The summed E-state index contributed by atoms with van der Waals surface area (Å²) in [6.45, 7) is 6.36. The van der Waals surface area contributed by atoms with Crippen molar-refractivity contribution in [2.45, 2.75) is 45.3 Å². The summed E-state index contributed by atoms with van der Waals surface area (Å²) in [4.78, 5) is 12.1. The molecular weight excluding hydrogens is 252 g/mol. The summed E-state index contributed by atoms with van der Waals surface area (Å²) >= 11 is 0. The fourth-order valence-corrected chi connectivity index (χ4v) is 2.79. The first-order valence-corrected chi connectivity index (χ1v) is 6.97. The highest BCUT2D eigenvalue weighted by Gasteiger charge is 2.58. The average Bonchev–Trinajstić information content (AvgIpc) is 2.40. The van der Waals surface area contributed by atoms with E-state index in [0.29, 0.717) is 12.1 Å². The number of ether oxygens (including phenoxy) is 1. The van der Waals surface area contributed by atoms with Crippen molar-refractivity contribution in [2.24, 2.45) is 5.41 Å². The lowest BCUT2D eigenvalue weighted by molar-refractivity contribution is -0.182. The Hall–Kier alpha value is -1.55. The molecule has 110 valence electrons. The Morgan fingerprint density at radius 1 is 1.35 bits per heavy atom. The number of nitrogens with one attached hydrogen (secondary N) is 1. The van der Waals surface area contributed by atoms with Crippen LogP contribution in [0.3, 0.4) is 0 Å². The van der Waals surface area contributed by atoms with E-state index in [9.17, 15) is 4.79 Å². The Morgan fingerprint density at radius 3 is 2.45 bits per heavy atom. The summed E-state index contributed by atoms with van der Waals surface area (Å²) in [5.41, 5.74) is 7.11. The summed E-state index contributed by atoms with van der Waals surface area (Å²) in [5.74, 6) is 0.0472. The highest BCUT2D eigenvalue weighted by atomic mass is 16.5. The molecule has 0 radical (unpaired) electrons. The van der Waals surface area contributed by atoms with Gasteiger partial charge in [-0.3, -0.25) is 4.79 Å². The number of carbonyl (C=O) groups excluding carboxylic acids is 1. The number of nitrogen functional groups attached to an aromatic ring is 1. The van der Waals surface area contributed by atoms with Crippen LogP contribution in [-0.4, -0.2) is 24.7 Å². The highest BCUT2D eigenvalue weighted by Crippen LogP contribution is 2.51. The number of carbonyl (C=O) groups is 1. The number of nitrogens with two attached hydrogens (primary N) is 1. The average molecular weight is 276 g/mol. The van der Waals surface area contributed by atoms with Crippen molar-refractivity contribution in [1.82, 2.24) is 5.32 Å². The third-order valence-corrected chi connectivity index (χ3v) is 4.96. The van der Waals surface area contributed by atoms with Crippen molar-refractivity contribution in [2.75, 3.05) is 12.8 Å². The van der Waals surface area contributed by atoms with Gasteiger partial charge in [0.2, 0.25) is 5.91 Å². The molecule has 4 nitrogen and oxygen atoms in total. The molecule has 2 unspecified atom stereocenters. The number of hydrogen-bond acceptors (Lipinski definition) is 3. The van der Waals surface area contributed by atoms with Crippen LogP contribution in [0.1, 0.15) is 32.8 Å². The van der Waals surface area contributed by atoms with Gasteiger partial charge in [0.1, 0.15) is 0 Å². The molecule has 1 saturated carbocycles. The summed E-state index contributed by atoms with van der Waals surface area (Å²) in [6.07, 6.45) is 1.24. The second-order valence-electron chi connectivity index (χ2n) is 6.40. The number of amides is 1. The van der Waals surface area contributed by atoms with Gasteiger partial charge in [0.25, 0.3) is 0 Å². The van der Waals surface area contributed by atoms with Crippen LogP contribution in [0.4, 0.5) is 5.69 Å². The molecule has 0 heterocycles. The molecule has 1 aliphatic rings. The largest absolute Gasteiger partial charge is 0.399 e. The smallest absolute Gasteiger partial charge is 0.224 e. The molecule has 0 saturated heterocycles. The molecule has 2 rings (SSSR count). The topological polar surface area (TPSA) is 64.3 Å². The van der Waals surface area contributed by atoms with E-state index in [1.54, 1.807) is 7.11 Å². The molecule has 0 aliphatic heterocycles. The Morgan fingerprint density at radius 2 is 1.95 bits per heavy atom. The molecule has 4 heteroatoms. The molecule has 1 aromatic carbocycles. The van der Waals surface area contributed by atoms with Crippen LogP contribution in [0.2, 0.25) is 0 Å². The van der Waals surface area contributed by atoms with Crippen molar-refractivity contribution in [3.8, 4) is 0 Å². The Labute approximate surface area is 120 Å². The second kappa shape index (κ2) is 5.09. The van der Waals surface area contributed by atoms with E-state index in [1.807, 2.05) is 24.3 Å². The Balaban J connectivity index is 1.92. The van der Waals surface area contributed by atoms with Crippen molar-refractivity contribution < 1.29 is 9.53 Å². The van der Waals surface area contributed by atoms with Gasteiger partial charge in [0.05, 0.1) is 12.0 Å². The fourth-order valence-electron chi connectivity index (χ4n) is 2.79. The van der Waals surface area contributed by atoms with Crippen LogP contribution < -0.4 is 11.1 Å². The van der Waals surface area contributed by atoms with E-state index in [1.165, 1.54) is 0 Å². The van der Waals surface area contributed by atoms with E-state index in [0.717, 1.165) is 12.0 Å². The van der Waals surface area contributed by atoms with Gasteiger partial charge in [-0.2, -0.15) is 0 Å². The third-order valence-electron chi connectivity index (χ3n) is 4.96. The van der Waals surface area contributed by atoms with Crippen LogP contribution in [0.25, 0.3) is 0 Å². The van der Waals surface area contributed by atoms with Gasteiger partial charge in [0.15, 0.2) is 0 Å². The van der Waals surface area contributed by atoms with E-state index in [2.05, 4.69) is 26.1 Å². The van der Waals surface area contributed by atoms with Crippen LogP contribution in [0.5, 0.6) is 0 Å². The van der Waals surface area contributed by atoms with Gasteiger partial charge < -0.3 is 15.8 Å². The monoisotopic (exact) mass is 276 g/mol. The predicted molar refractivity (Wildman–Crippen MR) is 80.3 cm³/mol. The molecule has 1 aliphatic carbocycles. The SMILES string of the molecule is COC1(C)CC(NC(=O)Cc2ccc(N)cc2)C1(C)C. The molecule has 1 amide bonds. The van der Waals surface area contributed by atoms with Gasteiger partial charge in [0, 0.05) is 24.3 Å². The van der Waals surface area contributed by atoms with Crippen molar-refractivity contribution in [3.63, 3.8) is 0 Å². The van der Waals surface area contributed by atoms with Gasteiger partial charge in [-0.1, -0.05) is 26.0 Å². The second-order valence-corrected chi connectivity index (χ2v) is 6.40. The summed E-state index contributed by atoms with van der Waals surface area (Å²) in [6, 6.07) is 7.57. The van der Waals surface area contributed by atoms with E-state index < -0.39 is 0 Å². The molecule has 0 aromatic heterocycles. The lowest BCUT2D eigenvalue weighted by Gasteiger charge is -2.59. The predicted octanol–water partition coefficient (Wildman–Crippen LogP) is 2.13. The molecular formula is C16H24N2O2. The minimum atomic E-state index is -0.161. The standard InChI is InChI=1S/C16H24N2O2/c1-15(2)13(10-16(15,3)20-4)18-14(19)9-11-5-7-12(17)8-6-11/h5-8,13H,9-10,17H2,1-4H3,(H,18,19). The number of hydrogen-bond donors (Lipinski definition) is 2. The van der Waals surface area contributed by atoms with Crippen LogP contribution in [-0.2, 0) is 16.0 Å². The van der Waals surface area contributed by atoms with E-state index in [4.69, 9.17) is 10.5 Å². The van der Waals surface area contributed by atoms with Crippen LogP contribution in [0.15, 0.2) is 24.3 Å². The molecule has 3 N–H and O–H groups in total. The number of methoxy groups -OCH3 is 1. The highest BCUT2D eigenvalue weighted by molar-refractivity contribution is 5.79. The quantitative estimate of drug-likeness (QED) is 0.828. The minimum Gasteiger partial charge on any atom is -0.399 e. The van der Waals surface area contributed by atoms with Gasteiger partial charge in [-0.25, -0.2) is 0 Å². The maximum atomic E-state index is 12.1. The molecule has 1 fully saturated rings. The van der Waals surface area contributed by atoms with E-state index in [-0.39, 0.29) is 23.0 Å². The molecule has 0 bridgehead atoms. The van der Waals surface area contributed by atoms with Gasteiger partial charge in [-0.05, 0) is 31.0 Å². The zero-order chi connectivity index (χ0) is 15.0. The summed E-state index contributed by atoms with van der Waals surface area (Å²) in [5, 5.41) is 3.11. The summed E-state index contributed by atoms with van der Waals surface area (Å²) < 4.78 is 5.57. The Kier molecular flexibility index (Phi) is 3.78. The minimum absolute atomic E-state index is 0.0472. The lowest BCUT2D eigenvalue weighted by Crippen LogP contribution is -2.68.